The van der Waals surface area contributed by atoms with Crippen molar-refractivity contribution in [3.63, 3.8) is 0 Å². The van der Waals surface area contributed by atoms with E-state index in [1.807, 2.05) is 6.07 Å². The number of carbonyl (C=O) groups excluding carboxylic acids is 1. The first-order valence-electron chi connectivity index (χ1n) is 6.77. The van der Waals surface area contributed by atoms with Crippen molar-refractivity contribution >= 4 is 17.7 Å². The molecule has 1 aliphatic heterocycles. The summed E-state index contributed by atoms with van der Waals surface area (Å²) >= 11 is 0. The number of amides is 1. The third kappa shape index (κ3) is 3.66. The Labute approximate surface area is 122 Å². The quantitative estimate of drug-likeness (QED) is 0.369. The van der Waals surface area contributed by atoms with Crippen molar-refractivity contribution in [2.75, 3.05) is 13.1 Å². The van der Waals surface area contributed by atoms with E-state index in [2.05, 4.69) is 0 Å². The van der Waals surface area contributed by atoms with Gasteiger partial charge in [0.1, 0.15) is 11.6 Å². The Morgan fingerprint density at radius 1 is 1.24 bits per heavy atom. The number of rotatable bonds is 3. The van der Waals surface area contributed by atoms with Gasteiger partial charge in [-0.05, 0) is 43.0 Å². The number of nitriles is 1. The Morgan fingerprint density at radius 2 is 1.86 bits per heavy atom. The van der Waals surface area contributed by atoms with E-state index in [0.717, 1.165) is 19.3 Å². The van der Waals surface area contributed by atoms with Gasteiger partial charge in [0.25, 0.3) is 11.6 Å². The number of nitrogens with zero attached hydrogens (tertiary/aromatic N) is 3. The van der Waals surface area contributed by atoms with Gasteiger partial charge in [-0.1, -0.05) is 0 Å². The largest absolute Gasteiger partial charge is 0.338 e. The van der Waals surface area contributed by atoms with Crippen molar-refractivity contribution < 1.29 is 9.72 Å². The van der Waals surface area contributed by atoms with Crippen LogP contribution in [0.15, 0.2) is 29.8 Å². The molecule has 1 aromatic rings. The number of non-ortho nitro benzene ring substituents is 1. The van der Waals surface area contributed by atoms with Crippen LogP contribution in [-0.4, -0.2) is 28.8 Å². The van der Waals surface area contributed by atoms with Crippen LogP contribution in [0.4, 0.5) is 5.69 Å². The first kappa shape index (κ1) is 14.7. The average Bonchev–Trinajstić information content (AvgIpc) is 2.53. The number of hydrogen-bond acceptors (Lipinski definition) is 4. The number of piperidine rings is 1. The van der Waals surface area contributed by atoms with E-state index >= 15 is 0 Å². The third-order valence-electron chi connectivity index (χ3n) is 3.41. The van der Waals surface area contributed by atoms with Gasteiger partial charge in [-0.2, -0.15) is 5.26 Å². The highest BCUT2D eigenvalue weighted by Gasteiger charge is 2.20. The van der Waals surface area contributed by atoms with Crippen LogP contribution in [0.1, 0.15) is 24.8 Å². The van der Waals surface area contributed by atoms with E-state index in [1.165, 1.54) is 30.3 Å². The van der Waals surface area contributed by atoms with Crippen LogP contribution < -0.4 is 0 Å². The van der Waals surface area contributed by atoms with Crippen LogP contribution in [0, 0.1) is 21.4 Å². The van der Waals surface area contributed by atoms with Gasteiger partial charge in [-0.15, -0.1) is 0 Å². The Balaban J connectivity index is 2.17. The van der Waals surface area contributed by atoms with E-state index in [0.29, 0.717) is 18.7 Å². The predicted molar refractivity (Wildman–Crippen MR) is 77.1 cm³/mol. The lowest BCUT2D eigenvalue weighted by Crippen LogP contribution is -2.36. The van der Waals surface area contributed by atoms with Crippen molar-refractivity contribution in [1.29, 1.82) is 5.26 Å². The second kappa shape index (κ2) is 6.66. The molecule has 1 saturated heterocycles. The summed E-state index contributed by atoms with van der Waals surface area (Å²) in [5.41, 5.74) is 0.640. The lowest BCUT2D eigenvalue weighted by Gasteiger charge is -2.26. The second-order valence-corrected chi connectivity index (χ2v) is 4.87. The topological polar surface area (TPSA) is 87.2 Å². The highest BCUT2D eigenvalue weighted by molar-refractivity contribution is 6.01. The van der Waals surface area contributed by atoms with Crippen LogP contribution in [0.25, 0.3) is 6.08 Å². The lowest BCUT2D eigenvalue weighted by atomic mass is 10.1. The van der Waals surface area contributed by atoms with Crippen molar-refractivity contribution in [2.45, 2.75) is 19.3 Å². The maximum Gasteiger partial charge on any atom is 0.269 e. The zero-order valence-corrected chi connectivity index (χ0v) is 11.5. The maximum atomic E-state index is 12.2. The number of carbonyl (C=O) groups is 1. The molecule has 0 unspecified atom stereocenters. The van der Waals surface area contributed by atoms with E-state index < -0.39 is 4.92 Å². The summed E-state index contributed by atoms with van der Waals surface area (Å²) in [6.45, 7) is 1.36. The van der Waals surface area contributed by atoms with Crippen molar-refractivity contribution in [3.8, 4) is 6.07 Å². The first-order valence-corrected chi connectivity index (χ1v) is 6.77. The minimum Gasteiger partial charge on any atom is -0.338 e. The SMILES string of the molecule is N#C/C(=C\c1ccc([N+](=O)[O-])cc1)C(=O)N1CCCCC1. The number of hydrogen-bond donors (Lipinski definition) is 0. The Hall–Kier alpha value is -2.68. The van der Waals surface area contributed by atoms with Crippen LogP contribution in [0.2, 0.25) is 0 Å². The average molecular weight is 285 g/mol. The van der Waals surface area contributed by atoms with E-state index in [4.69, 9.17) is 5.26 Å². The fourth-order valence-electron chi connectivity index (χ4n) is 2.27. The molecule has 1 aliphatic rings. The van der Waals surface area contributed by atoms with Gasteiger partial charge in [-0.3, -0.25) is 14.9 Å². The summed E-state index contributed by atoms with van der Waals surface area (Å²) in [6, 6.07) is 7.68. The van der Waals surface area contributed by atoms with Crippen LogP contribution in [-0.2, 0) is 4.79 Å². The summed E-state index contributed by atoms with van der Waals surface area (Å²) in [4.78, 5) is 24.0. The van der Waals surface area contributed by atoms with Crippen molar-refractivity contribution in [1.82, 2.24) is 4.90 Å². The molecule has 0 N–H and O–H groups in total. The summed E-state index contributed by atoms with van der Waals surface area (Å²) in [5.74, 6) is -0.268. The van der Waals surface area contributed by atoms with Gasteiger partial charge in [0.05, 0.1) is 4.92 Å². The molecular formula is C15H15N3O3. The first-order chi connectivity index (χ1) is 10.1. The molecule has 0 atom stereocenters. The molecule has 6 nitrogen and oxygen atoms in total. The standard InChI is InChI=1S/C15H15N3O3/c16-11-13(15(19)17-8-2-1-3-9-17)10-12-4-6-14(7-5-12)18(20)21/h4-7,10H,1-3,8-9H2/b13-10+. The minimum absolute atomic E-state index is 0.0204. The highest BCUT2D eigenvalue weighted by atomic mass is 16.6. The van der Waals surface area contributed by atoms with Gasteiger partial charge >= 0.3 is 0 Å². The zero-order chi connectivity index (χ0) is 15.2. The van der Waals surface area contributed by atoms with Crippen LogP contribution in [0.3, 0.4) is 0 Å². The summed E-state index contributed by atoms with van der Waals surface area (Å²) in [7, 11) is 0. The zero-order valence-electron chi connectivity index (χ0n) is 11.5. The van der Waals surface area contributed by atoms with Gasteiger partial charge in [0.15, 0.2) is 0 Å². The van der Waals surface area contributed by atoms with Gasteiger partial charge < -0.3 is 4.90 Å². The molecule has 0 aliphatic carbocycles. The minimum atomic E-state index is -0.489. The lowest BCUT2D eigenvalue weighted by molar-refractivity contribution is -0.384. The van der Waals surface area contributed by atoms with Gasteiger partial charge in [0.2, 0.25) is 0 Å². The number of likely N-dealkylation sites (tertiary alicyclic amines) is 1. The molecule has 0 bridgehead atoms. The van der Waals surface area contributed by atoms with Crippen LogP contribution in [0.5, 0.6) is 0 Å². The third-order valence-corrected chi connectivity index (χ3v) is 3.41. The predicted octanol–water partition coefficient (Wildman–Crippen LogP) is 2.51. The number of nitro benzene ring substituents is 1. The van der Waals surface area contributed by atoms with E-state index in [1.54, 1.807) is 4.90 Å². The Kier molecular flexibility index (Phi) is 4.67. The maximum absolute atomic E-state index is 12.2. The van der Waals surface area contributed by atoms with Crippen LogP contribution >= 0.6 is 0 Å². The molecule has 1 fully saturated rings. The van der Waals surface area contributed by atoms with E-state index in [9.17, 15) is 14.9 Å². The fraction of sp³-hybridized carbons (Fsp3) is 0.333. The molecule has 1 heterocycles. The van der Waals surface area contributed by atoms with E-state index in [-0.39, 0.29) is 17.2 Å². The molecule has 0 saturated carbocycles. The normalized spacial score (nSPS) is 15.4. The fourth-order valence-corrected chi connectivity index (χ4v) is 2.27. The summed E-state index contributed by atoms with van der Waals surface area (Å²) in [6.07, 6.45) is 4.50. The number of benzene rings is 1. The van der Waals surface area contributed by atoms with Crippen molar-refractivity contribution in [2.24, 2.45) is 0 Å². The molecule has 1 amide bonds. The molecule has 0 radical (unpaired) electrons. The molecule has 2 rings (SSSR count). The molecule has 108 valence electrons. The molecule has 0 aromatic heterocycles. The summed E-state index contributed by atoms with van der Waals surface area (Å²) < 4.78 is 0. The van der Waals surface area contributed by atoms with Crippen molar-refractivity contribution in [3.05, 3.63) is 45.5 Å². The smallest absolute Gasteiger partial charge is 0.269 e. The molecule has 6 heteroatoms. The monoisotopic (exact) mass is 285 g/mol. The Bertz CT molecular complexity index is 608. The molecular weight excluding hydrogens is 270 g/mol. The molecule has 0 spiro atoms. The molecule has 1 aromatic carbocycles. The van der Waals surface area contributed by atoms with Gasteiger partial charge in [0, 0.05) is 25.2 Å². The summed E-state index contributed by atoms with van der Waals surface area (Å²) in [5, 5.41) is 19.7. The van der Waals surface area contributed by atoms with Gasteiger partial charge in [-0.25, -0.2) is 0 Å². The Morgan fingerprint density at radius 3 is 2.38 bits per heavy atom. The second-order valence-electron chi connectivity index (χ2n) is 4.87. The molecule has 21 heavy (non-hydrogen) atoms. The number of nitro groups is 1. The highest BCUT2D eigenvalue weighted by Crippen LogP contribution is 2.17.